The molecule has 0 aliphatic heterocycles. The predicted molar refractivity (Wildman–Crippen MR) is 71.8 cm³/mol. The molecule has 1 aromatic heterocycles. The van der Waals surface area contributed by atoms with Crippen LogP contribution in [0.25, 0.3) is 11.3 Å². The molecule has 18 heavy (non-hydrogen) atoms. The molecule has 6 heteroatoms. The van der Waals surface area contributed by atoms with Gasteiger partial charge in [0, 0.05) is 17.3 Å². The van der Waals surface area contributed by atoms with Gasteiger partial charge in [0.05, 0.1) is 33.3 Å². The molecule has 0 amide bonds. The van der Waals surface area contributed by atoms with Crippen molar-refractivity contribution >= 4 is 34.8 Å². The Morgan fingerprint density at radius 3 is 2.56 bits per heavy atom. The van der Waals surface area contributed by atoms with Gasteiger partial charge in [0.1, 0.15) is 6.33 Å². The molecule has 0 spiro atoms. The third kappa shape index (κ3) is 2.56. The molecule has 0 saturated heterocycles. The van der Waals surface area contributed by atoms with E-state index in [4.69, 9.17) is 40.1 Å². The van der Waals surface area contributed by atoms with Crippen LogP contribution in [0.5, 0.6) is 0 Å². The zero-order valence-corrected chi connectivity index (χ0v) is 11.3. The van der Waals surface area contributed by atoms with Crippen molar-refractivity contribution in [3.05, 3.63) is 45.3 Å². The standard InChI is InChI=1S/C12H6Cl3N3/c13-9-4-11(15)10(14)3-8(9)12-7(1-2-16)5-17-6-18-12/h3-6H,1H2. The molecule has 1 aromatic carbocycles. The van der Waals surface area contributed by atoms with Gasteiger partial charge in [0.15, 0.2) is 0 Å². The smallest absolute Gasteiger partial charge is 0.116 e. The molecule has 2 aromatic rings. The van der Waals surface area contributed by atoms with E-state index in [0.29, 0.717) is 31.9 Å². The Morgan fingerprint density at radius 2 is 1.83 bits per heavy atom. The summed E-state index contributed by atoms with van der Waals surface area (Å²) < 4.78 is 0. The first-order chi connectivity index (χ1) is 8.63. The van der Waals surface area contributed by atoms with Crippen LogP contribution in [0.15, 0.2) is 24.7 Å². The van der Waals surface area contributed by atoms with Crippen molar-refractivity contribution in [3.63, 3.8) is 0 Å². The number of hydrogen-bond donors (Lipinski definition) is 0. The van der Waals surface area contributed by atoms with Gasteiger partial charge < -0.3 is 0 Å². The van der Waals surface area contributed by atoms with Crippen LogP contribution < -0.4 is 0 Å². The molecule has 0 fully saturated rings. The lowest BCUT2D eigenvalue weighted by Gasteiger charge is -2.08. The van der Waals surface area contributed by atoms with Crippen LogP contribution in [-0.2, 0) is 6.42 Å². The highest BCUT2D eigenvalue weighted by Crippen LogP contribution is 2.35. The van der Waals surface area contributed by atoms with E-state index in [1.165, 1.54) is 6.33 Å². The minimum absolute atomic E-state index is 0.201. The van der Waals surface area contributed by atoms with E-state index in [1.807, 2.05) is 0 Å². The van der Waals surface area contributed by atoms with E-state index in [0.717, 1.165) is 0 Å². The zero-order chi connectivity index (χ0) is 13.1. The van der Waals surface area contributed by atoms with Crippen molar-refractivity contribution in [2.75, 3.05) is 0 Å². The first-order valence-electron chi connectivity index (χ1n) is 4.94. The molecule has 0 atom stereocenters. The van der Waals surface area contributed by atoms with E-state index in [9.17, 15) is 0 Å². The third-order valence-corrected chi connectivity index (χ3v) is 3.36. The second-order valence-corrected chi connectivity index (χ2v) is 4.70. The molecule has 0 aliphatic carbocycles. The van der Waals surface area contributed by atoms with Crippen LogP contribution in [0.3, 0.4) is 0 Å². The topological polar surface area (TPSA) is 49.6 Å². The fourth-order valence-electron chi connectivity index (χ4n) is 1.52. The maximum atomic E-state index is 8.77. The molecule has 0 saturated carbocycles. The van der Waals surface area contributed by atoms with Crippen LogP contribution in [0.4, 0.5) is 0 Å². The summed E-state index contributed by atoms with van der Waals surface area (Å²) in [5.74, 6) is 0. The Balaban J connectivity index is 2.62. The van der Waals surface area contributed by atoms with Crippen LogP contribution in [-0.4, -0.2) is 9.97 Å². The van der Waals surface area contributed by atoms with Crippen molar-refractivity contribution < 1.29 is 0 Å². The van der Waals surface area contributed by atoms with Gasteiger partial charge in [0.25, 0.3) is 0 Å². The highest BCUT2D eigenvalue weighted by molar-refractivity contribution is 6.44. The Bertz CT molecular complexity index is 635. The largest absolute Gasteiger partial charge is 0.244 e. The van der Waals surface area contributed by atoms with Gasteiger partial charge >= 0.3 is 0 Å². The van der Waals surface area contributed by atoms with Gasteiger partial charge in [-0.2, -0.15) is 5.26 Å². The van der Waals surface area contributed by atoms with Crippen LogP contribution in [0.2, 0.25) is 15.1 Å². The van der Waals surface area contributed by atoms with Gasteiger partial charge in [-0.15, -0.1) is 0 Å². The molecule has 0 N–H and O–H groups in total. The number of nitrogens with zero attached hydrogens (tertiary/aromatic N) is 3. The summed E-state index contributed by atoms with van der Waals surface area (Å²) in [5, 5.41) is 9.97. The third-order valence-electron chi connectivity index (χ3n) is 2.32. The summed E-state index contributed by atoms with van der Waals surface area (Å²) in [7, 11) is 0. The van der Waals surface area contributed by atoms with Gasteiger partial charge in [-0.05, 0) is 12.1 Å². The van der Waals surface area contributed by atoms with E-state index in [1.54, 1.807) is 18.3 Å². The number of aromatic nitrogens is 2. The van der Waals surface area contributed by atoms with E-state index in [-0.39, 0.29) is 6.42 Å². The Labute approximate surface area is 119 Å². The van der Waals surface area contributed by atoms with Crippen molar-refractivity contribution in [1.82, 2.24) is 9.97 Å². The first kappa shape index (κ1) is 13.1. The highest BCUT2D eigenvalue weighted by atomic mass is 35.5. The molecule has 2 rings (SSSR count). The quantitative estimate of drug-likeness (QED) is 0.782. The number of rotatable bonds is 2. The number of hydrogen-bond acceptors (Lipinski definition) is 3. The summed E-state index contributed by atoms with van der Waals surface area (Å²) in [6, 6.07) is 5.25. The fourth-order valence-corrected chi connectivity index (χ4v) is 2.16. The van der Waals surface area contributed by atoms with Gasteiger partial charge in [-0.3, -0.25) is 0 Å². The van der Waals surface area contributed by atoms with Gasteiger partial charge in [-0.1, -0.05) is 34.8 Å². The lowest BCUT2D eigenvalue weighted by molar-refractivity contribution is 1.10. The first-order valence-corrected chi connectivity index (χ1v) is 6.07. The molecule has 3 nitrogen and oxygen atoms in total. The van der Waals surface area contributed by atoms with Crippen molar-refractivity contribution in [3.8, 4) is 17.3 Å². The average Bonchev–Trinajstić information content (AvgIpc) is 2.35. The van der Waals surface area contributed by atoms with Crippen molar-refractivity contribution in [2.24, 2.45) is 0 Å². The Kier molecular flexibility index (Phi) is 4.03. The monoisotopic (exact) mass is 297 g/mol. The van der Waals surface area contributed by atoms with Crippen LogP contribution >= 0.6 is 34.8 Å². The maximum absolute atomic E-state index is 8.77. The van der Waals surface area contributed by atoms with Crippen LogP contribution in [0, 0.1) is 11.3 Å². The van der Waals surface area contributed by atoms with Gasteiger partial charge in [0.2, 0.25) is 0 Å². The SMILES string of the molecule is N#CCc1cncnc1-c1cc(Cl)c(Cl)cc1Cl. The average molecular weight is 299 g/mol. The maximum Gasteiger partial charge on any atom is 0.116 e. The molecule has 0 bridgehead atoms. The summed E-state index contributed by atoms with van der Waals surface area (Å²) in [4.78, 5) is 8.05. The molecule has 0 aliphatic rings. The lowest BCUT2D eigenvalue weighted by atomic mass is 10.1. The van der Waals surface area contributed by atoms with Gasteiger partial charge in [-0.25, -0.2) is 9.97 Å². The summed E-state index contributed by atoms with van der Waals surface area (Å²) in [6.45, 7) is 0. The van der Waals surface area contributed by atoms with E-state index < -0.39 is 0 Å². The van der Waals surface area contributed by atoms with Crippen LogP contribution in [0.1, 0.15) is 5.56 Å². The minimum Gasteiger partial charge on any atom is -0.244 e. The Morgan fingerprint density at radius 1 is 1.11 bits per heavy atom. The summed E-state index contributed by atoms with van der Waals surface area (Å²) in [5.41, 5.74) is 1.93. The van der Waals surface area contributed by atoms with Crippen molar-refractivity contribution in [1.29, 1.82) is 5.26 Å². The second-order valence-electron chi connectivity index (χ2n) is 3.48. The molecule has 1 heterocycles. The van der Waals surface area contributed by atoms with Crippen molar-refractivity contribution in [2.45, 2.75) is 6.42 Å². The fraction of sp³-hybridized carbons (Fsp3) is 0.0833. The number of halogens is 3. The zero-order valence-electron chi connectivity index (χ0n) is 8.99. The highest BCUT2D eigenvalue weighted by Gasteiger charge is 2.13. The van der Waals surface area contributed by atoms with E-state index in [2.05, 4.69) is 16.0 Å². The summed E-state index contributed by atoms with van der Waals surface area (Å²) in [6.07, 6.45) is 3.19. The lowest BCUT2D eigenvalue weighted by Crippen LogP contribution is -1.94. The normalized spacial score (nSPS) is 10.1. The molecular formula is C12H6Cl3N3. The summed E-state index contributed by atoms with van der Waals surface area (Å²) >= 11 is 18.0. The number of nitriles is 1. The predicted octanol–water partition coefficient (Wildman–Crippen LogP) is 4.17. The molecule has 0 radical (unpaired) electrons. The molecule has 90 valence electrons. The van der Waals surface area contributed by atoms with E-state index >= 15 is 0 Å². The second kappa shape index (κ2) is 5.53. The molecule has 0 unspecified atom stereocenters. The Hall–Kier alpha value is -1.34. The molecular weight excluding hydrogens is 293 g/mol. The number of benzene rings is 1. The minimum atomic E-state index is 0.201.